The number of aryl methyl sites for hydroxylation is 1. The fourth-order valence-corrected chi connectivity index (χ4v) is 2.75. The Kier molecular flexibility index (Phi) is 3.38. The summed E-state index contributed by atoms with van der Waals surface area (Å²) in [6.45, 7) is 1.00. The van der Waals surface area contributed by atoms with Crippen molar-refractivity contribution in [2.75, 3.05) is 5.32 Å². The number of anilines is 1. The molecule has 2 aromatic heterocycles. The summed E-state index contributed by atoms with van der Waals surface area (Å²) in [7, 11) is 0. The minimum absolute atomic E-state index is 0.257. The van der Waals surface area contributed by atoms with Crippen LogP contribution in [0.3, 0.4) is 0 Å². The number of benzene rings is 1. The first-order valence-electron chi connectivity index (χ1n) is 7.51. The molecule has 1 aliphatic rings. The summed E-state index contributed by atoms with van der Waals surface area (Å²) in [6.07, 6.45) is 4.27. The molecule has 3 aromatic rings. The third-order valence-electron chi connectivity index (χ3n) is 3.93. The largest absolute Gasteiger partial charge is 0.364 e. The van der Waals surface area contributed by atoms with E-state index >= 15 is 0 Å². The molecule has 1 aliphatic heterocycles. The number of amides is 1. The van der Waals surface area contributed by atoms with Gasteiger partial charge in [-0.05, 0) is 24.1 Å². The molecule has 0 spiro atoms. The van der Waals surface area contributed by atoms with Gasteiger partial charge in [-0.15, -0.1) is 10.2 Å². The number of carbonyl (C=O) groups excluding carboxylic acids is 1. The number of aromatic nitrogens is 4. The Bertz CT molecular complexity index is 821. The van der Waals surface area contributed by atoms with Crippen molar-refractivity contribution in [2.45, 2.75) is 25.8 Å². The standard InChI is InChI=1S/C16H15N5O2/c22-16(13-7-9-23-20-13)17-12-5-3-11(4-6-12)10-15-19-18-14-2-1-8-21(14)15/h3-7,9H,1-2,8,10H2,(H,17,22). The second-order valence-corrected chi connectivity index (χ2v) is 5.50. The van der Waals surface area contributed by atoms with Crippen molar-refractivity contribution in [3.63, 3.8) is 0 Å². The van der Waals surface area contributed by atoms with Gasteiger partial charge in [-0.1, -0.05) is 17.3 Å². The highest BCUT2D eigenvalue weighted by Crippen LogP contribution is 2.18. The molecule has 23 heavy (non-hydrogen) atoms. The monoisotopic (exact) mass is 309 g/mol. The number of hydrogen-bond donors (Lipinski definition) is 1. The van der Waals surface area contributed by atoms with Gasteiger partial charge in [0.2, 0.25) is 0 Å². The van der Waals surface area contributed by atoms with Crippen molar-refractivity contribution >= 4 is 11.6 Å². The Hall–Kier alpha value is -2.96. The van der Waals surface area contributed by atoms with Crippen molar-refractivity contribution in [3.8, 4) is 0 Å². The normalized spacial score (nSPS) is 13.0. The van der Waals surface area contributed by atoms with Gasteiger partial charge in [0.15, 0.2) is 5.69 Å². The molecule has 0 saturated heterocycles. The quantitative estimate of drug-likeness (QED) is 0.797. The van der Waals surface area contributed by atoms with E-state index in [2.05, 4.69) is 29.8 Å². The molecular formula is C16H15N5O2. The predicted molar refractivity (Wildman–Crippen MR) is 82.0 cm³/mol. The van der Waals surface area contributed by atoms with Gasteiger partial charge in [-0.2, -0.15) is 0 Å². The first-order chi connectivity index (χ1) is 11.3. The maximum absolute atomic E-state index is 11.9. The zero-order valence-corrected chi connectivity index (χ0v) is 12.4. The molecule has 7 heteroatoms. The van der Waals surface area contributed by atoms with Crippen molar-refractivity contribution < 1.29 is 9.32 Å². The van der Waals surface area contributed by atoms with Crippen LogP contribution in [0, 0.1) is 0 Å². The van der Waals surface area contributed by atoms with Crippen LogP contribution in [0.5, 0.6) is 0 Å². The van der Waals surface area contributed by atoms with Crippen molar-refractivity contribution in [2.24, 2.45) is 0 Å². The first-order valence-corrected chi connectivity index (χ1v) is 7.51. The Balaban J connectivity index is 1.44. The zero-order chi connectivity index (χ0) is 15.6. The number of nitrogens with one attached hydrogen (secondary N) is 1. The molecule has 0 bridgehead atoms. The summed E-state index contributed by atoms with van der Waals surface area (Å²) in [5.74, 6) is 1.79. The number of carbonyl (C=O) groups is 1. The number of rotatable bonds is 4. The fraction of sp³-hybridized carbons (Fsp3) is 0.250. The van der Waals surface area contributed by atoms with E-state index in [1.807, 2.05) is 24.3 Å². The summed E-state index contributed by atoms with van der Waals surface area (Å²) in [6, 6.07) is 9.22. The van der Waals surface area contributed by atoms with Gasteiger partial charge in [0, 0.05) is 31.1 Å². The zero-order valence-electron chi connectivity index (χ0n) is 12.4. The highest BCUT2D eigenvalue weighted by molar-refractivity contribution is 6.02. The number of fused-ring (bicyclic) bond motifs is 1. The van der Waals surface area contributed by atoms with Gasteiger partial charge < -0.3 is 14.4 Å². The Morgan fingerprint density at radius 1 is 1.22 bits per heavy atom. The predicted octanol–water partition coefficient (Wildman–Crippen LogP) is 2.06. The Morgan fingerprint density at radius 3 is 2.87 bits per heavy atom. The van der Waals surface area contributed by atoms with E-state index in [4.69, 9.17) is 0 Å². The van der Waals surface area contributed by atoms with E-state index in [-0.39, 0.29) is 11.6 Å². The van der Waals surface area contributed by atoms with Gasteiger partial charge in [0.05, 0.1) is 0 Å². The van der Waals surface area contributed by atoms with Crippen molar-refractivity contribution in [3.05, 3.63) is 59.5 Å². The maximum atomic E-state index is 11.9. The summed E-state index contributed by atoms with van der Waals surface area (Å²) in [5, 5.41) is 14.9. The maximum Gasteiger partial charge on any atom is 0.277 e. The second kappa shape index (κ2) is 5.68. The van der Waals surface area contributed by atoms with E-state index in [0.717, 1.165) is 43.0 Å². The van der Waals surface area contributed by atoms with Gasteiger partial charge in [-0.25, -0.2) is 0 Å². The molecule has 0 aliphatic carbocycles. The lowest BCUT2D eigenvalue weighted by Crippen LogP contribution is -2.12. The molecule has 3 heterocycles. The topological polar surface area (TPSA) is 85.8 Å². The molecule has 0 unspecified atom stereocenters. The summed E-state index contributed by atoms with van der Waals surface area (Å²) in [5.41, 5.74) is 2.10. The van der Waals surface area contributed by atoms with Crippen LogP contribution in [0.25, 0.3) is 0 Å². The van der Waals surface area contributed by atoms with Crippen LogP contribution in [-0.4, -0.2) is 25.8 Å². The highest BCUT2D eigenvalue weighted by Gasteiger charge is 2.17. The summed E-state index contributed by atoms with van der Waals surface area (Å²) >= 11 is 0. The van der Waals surface area contributed by atoms with E-state index in [0.29, 0.717) is 5.69 Å². The van der Waals surface area contributed by atoms with Gasteiger partial charge in [-0.3, -0.25) is 4.79 Å². The molecule has 0 fully saturated rings. The lowest BCUT2D eigenvalue weighted by atomic mass is 10.1. The lowest BCUT2D eigenvalue weighted by Gasteiger charge is -2.06. The van der Waals surface area contributed by atoms with Gasteiger partial charge >= 0.3 is 0 Å². The smallest absolute Gasteiger partial charge is 0.277 e. The molecule has 1 N–H and O–H groups in total. The fourth-order valence-electron chi connectivity index (χ4n) is 2.75. The van der Waals surface area contributed by atoms with Crippen LogP contribution < -0.4 is 5.32 Å². The minimum atomic E-state index is -0.290. The Morgan fingerprint density at radius 2 is 2.09 bits per heavy atom. The number of nitrogens with zero attached hydrogens (tertiary/aromatic N) is 4. The molecule has 0 radical (unpaired) electrons. The average molecular weight is 309 g/mol. The molecule has 116 valence electrons. The first kappa shape index (κ1) is 13.7. The van der Waals surface area contributed by atoms with Crippen molar-refractivity contribution in [1.29, 1.82) is 0 Å². The summed E-state index contributed by atoms with van der Waals surface area (Å²) in [4.78, 5) is 11.9. The van der Waals surface area contributed by atoms with Crippen LogP contribution in [0.1, 0.15) is 34.1 Å². The SMILES string of the molecule is O=C(Nc1ccc(Cc2nnc3n2CCC3)cc1)c1ccon1. The van der Waals surface area contributed by atoms with Crippen molar-refractivity contribution in [1.82, 2.24) is 19.9 Å². The van der Waals surface area contributed by atoms with Crippen LogP contribution in [0.15, 0.2) is 41.1 Å². The Labute approximate surface area is 132 Å². The molecule has 0 saturated carbocycles. The van der Waals surface area contributed by atoms with Gasteiger partial charge in [0.25, 0.3) is 5.91 Å². The van der Waals surface area contributed by atoms with E-state index in [1.54, 1.807) is 0 Å². The molecule has 1 aromatic carbocycles. The summed E-state index contributed by atoms with van der Waals surface area (Å²) < 4.78 is 6.86. The van der Waals surface area contributed by atoms with E-state index in [9.17, 15) is 4.79 Å². The molecule has 1 amide bonds. The van der Waals surface area contributed by atoms with Gasteiger partial charge in [0.1, 0.15) is 17.9 Å². The highest BCUT2D eigenvalue weighted by atomic mass is 16.5. The molecule has 0 atom stereocenters. The lowest BCUT2D eigenvalue weighted by molar-refractivity contribution is 0.101. The van der Waals surface area contributed by atoms with E-state index in [1.165, 1.54) is 12.3 Å². The average Bonchev–Trinajstić information content (AvgIpc) is 3.27. The van der Waals surface area contributed by atoms with Crippen LogP contribution in [-0.2, 0) is 19.4 Å². The van der Waals surface area contributed by atoms with Crippen LogP contribution >= 0.6 is 0 Å². The molecular weight excluding hydrogens is 294 g/mol. The van der Waals surface area contributed by atoms with Crippen LogP contribution in [0.4, 0.5) is 5.69 Å². The molecule has 4 rings (SSSR count). The third kappa shape index (κ3) is 2.73. The third-order valence-corrected chi connectivity index (χ3v) is 3.93. The number of hydrogen-bond acceptors (Lipinski definition) is 5. The molecule has 7 nitrogen and oxygen atoms in total. The second-order valence-electron chi connectivity index (χ2n) is 5.50. The van der Waals surface area contributed by atoms with Crippen LogP contribution in [0.2, 0.25) is 0 Å². The van der Waals surface area contributed by atoms with E-state index < -0.39 is 0 Å². The minimum Gasteiger partial charge on any atom is -0.364 e.